The predicted octanol–water partition coefficient (Wildman–Crippen LogP) is 2.65. The molecule has 98 valence electrons. The highest BCUT2D eigenvalue weighted by atomic mass is 16.5. The van der Waals surface area contributed by atoms with Gasteiger partial charge in [0.1, 0.15) is 12.0 Å². The van der Waals surface area contributed by atoms with Crippen molar-refractivity contribution >= 4 is 0 Å². The Bertz CT molecular complexity index is 475. The highest BCUT2D eigenvalue weighted by Gasteiger charge is 2.16. The summed E-state index contributed by atoms with van der Waals surface area (Å²) in [6, 6.07) is 2.55. The van der Waals surface area contributed by atoms with E-state index >= 15 is 0 Å². The lowest BCUT2D eigenvalue weighted by atomic mass is 10.2. The number of nitrogens with zero attached hydrogens (tertiary/aromatic N) is 4. The number of hydrogen-bond donors (Lipinski definition) is 0. The number of hydrogen-bond acceptors (Lipinski definition) is 4. The van der Waals surface area contributed by atoms with E-state index in [9.17, 15) is 0 Å². The van der Waals surface area contributed by atoms with Crippen LogP contribution >= 0.6 is 0 Å². The maximum Gasteiger partial charge on any atom is 0.124 e. The van der Waals surface area contributed by atoms with Crippen molar-refractivity contribution in [3.63, 3.8) is 0 Å². The van der Waals surface area contributed by atoms with E-state index in [2.05, 4.69) is 47.4 Å². The molecule has 0 radical (unpaired) electrons. The van der Waals surface area contributed by atoms with Gasteiger partial charge in [-0.2, -0.15) is 0 Å². The highest BCUT2D eigenvalue weighted by Crippen LogP contribution is 2.19. The Hall–Kier alpha value is -1.62. The van der Waals surface area contributed by atoms with Crippen LogP contribution in [0, 0.1) is 0 Å². The molecule has 0 aromatic carbocycles. The largest absolute Gasteiger partial charge is 0.364 e. The second-order valence-electron chi connectivity index (χ2n) is 4.90. The molecule has 2 aromatic heterocycles. The Morgan fingerprint density at radius 1 is 1.39 bits per heavy atom. The fourth-order valence-electron chi connectivity index (χ4n) is 1.98. The van der Waals surface area contributed by atoms with E-state index in [4.69, 9.17) is 4.52 Å². The summed E-state index contributed by atoms with van der Waals surface area (Å²) in [5.74, 6) is 0. The molecule has 2 heterocycles. The van der Waals surface area contributed by atoms with Gasteiger partial charge in [0.15, 0.2) is 0 Å². The van der Waals surface area contributed by atoms with Crippen LogP contribution in [-0.2, 0) is 6.54 Å². The lowest BCUT2D eigenvalue weighted by Gasteiger charge is -2.23. The zero-order valence-electron chi connectivity index (χ0n) is 11.4. The molecule has 0 saturated carbocycles. The molecule has 2 aromatic rings. The molecule has 18 heavy (non-hydrogen) atoms. The van der Waals surface area contributed by atoms with E-state index in [0.717, 1.165) is 12.2 Å². The first-order valence-electron chi connectivity index (χ1n) is 6.20. The summed E-state index contributed by atoms with van der Waals surface area (Å²) in [6.07, 6.45) is 5.42. The van der Waals surface area contributed by atoms with Crippen LogP contribution in [0.3, 0.4) is 0 Å². The van der Waals surface area contributed by atoms with Crippen molar-refractivity contribution in [2.24, 2.45) is 0 Å². The van der Waals surface area contributed by atoms with Crippen LogP contribution in [0.4, 0.5) is 0 Å². The van der Waals surface area contributed by atoms with Gasteiger partial charge in [-0.15, -0.1) is 0 Å². The van der Waals surface area contributed by atoms with Gasteiger partial charge in [0.25, 0.3) is 0 Å². The molecular weight excluding hydrogens is 228 g/mol. The van der Waals surface area contributed by atoms with Gasteiger partial charge in [-0.25, -0.2) is 4.98 Å². The van der Waals surface area contributed by atoms with Gasteiger partial charge in [-0.3, -0.25) is 4.90 Å². The molecule has 0 aliphatic carbocycles. The van der Waals surface area contributed by atoms with E-state index in [0.29, 0.717) is 6.04 Å². The molecule has 0 bridgehead atoms. The normalized spacial score (nSPS) is 13.4. The Morgan fingerprint density at radius 2 is 2.17 bits per heavy atom. The Morgan fingerprint density at radius 3 is 2.78 bits per heavy atom. The second-order valence-corrected chi connectivity index (χ2v) is 4.90. The predicted molar refractivity (Wildman–Crippen MR) is 69.0 cm³/mol. The monoisotopic (exact) mass is 248 g/mol. The van der Waals surface area contributed by atoms with Crippen molar-refractivity contribution in [2.45, 2.75) is 39.4 Å². The molecule has 0 unspecified atom stereocenters. The Kier molecular flexibility index (Phi) is 3.81. The van der Waals surface area contributed by atoms with Gasteiger partial charge < -0.3 is 9.09 Å². The van der Waals surface area contributed by atoms with E-state index in [1.165, 1.54) is 5.69 Å². The van der Waals surface area contributed by atoms with Crippen LogP contribution in [-0.4, -0.2) is 26.7 Å². The first-order valence-corrected chi connectivity index (χ1v) is 6.20. The van der Waals surface area contributed by atoms with Crippen molar-refractivity contribution < 1.29 is 4.52 Å². The van der Waals surface area contributed by atoms with Crippen molar-refractivity contribution in [3.8, 4) is 0 Å². The molecular formula is C13H20N4O. The molecule has 0 N–H and O–H groups in total. The van der Waals surface area contributed by atoms with E-state index in [1.807, 2.05) is 18.6 Å². The minimum atomic E-state index is 0.222. The molecule has 0 aliphatic heterocycles. The van der Waals surface area contributed by atoms with Crippen molar-refractivity contribution in [2.75, 3.05) is 7.05 Å². The van der Waals surface area contributed by atoms with Gasteiger partial charge >= 0.3 is 0 Å². The van der Waals surface area contributed by atoms with Crippen LogP contribution < -0.4 is 0 Å². The summed E-state index contributed by atoms with van der Waals surface area (Å²) in [4.78, 5) is 6.45. The average molecular weight is 248 g/mol. The second kappa shape index (κ2) is 5.35. The fraction of sp³-hybridized carbons (Fsp3) is 0.538. The zero-order chi connectivity index (χ0) is 13.1. The van der Waals surface area contributed by atoms with E-state index in [-0.39, 0.29) is 6.04 Å². The zero-order valence-corrected chi connectivity index (χ0v) is 11.4. The van der Waals surface area contributed by atoms with Crippen LogP contribution in [0.5, 0.6) is 0 Å². The molecule has 1 atom stereocenters. The maximum atomic E-state index is 4.89. The molecule has 0 amide bonds. The number of aromatic nitrogens is 3. The standard InChI is InChI=1S/C13H20N4O/c1-10(2)17-9-14-7-12(17)8-16(4)11(3)13-5-6-18-15-13/h5-7,9-11H,8H2,1-4H3/t11-/m0/s1. The summed E-state index contributed by atoms with van der Waals surface area (Å²) in [6.45, 7) is 7.28. The van der Waals surface area contributed by atoms with Crippen molar-refractivity contribution in [1.29, 1.82) is 0 Å². The third kappa shape index (κ3) is 2.61. The molecule has 0 spiro atoms. The minimum Gasteiger partial charge on any atom is -0.364 e. The average Bonchev–Trinajstić information content (AvgIpc) is 2.98. The van der Waals surface area contributed by atoms with Gasteiger partial charge in [0, 0.05) is 24.8 Å². The Labute approximate surface area is 107 Å². The maximum absolute atomic E-state index is 4.89. The summed E-state index contributed by atoms with van der Waals surface area (Å²) in [5.41, 5.74) is 2.16. The third-order valence-electron chi connectivity index (χ3n) is 3.26. The molecule has 5 heteroatoms. The summed E-state index contributed by atoms with van der Waals surface area (Å²) in [5, 5.41) is 3.98. The minimum absolute atomic E-state index is 0.222. The molecule has 0 fully saturated rings. The number of rotatable bonds is 5. The molecule has 0 aliphatic rings. The van der Waals surface area contributed by atoms with Crippen LogP contribution in [0.15, 0.2) is 29.4 Å². The SMILES string of the molecule is CC(C)n1cncc1CN(C)[C@@H](C)c1ccon1. The summed E-state index contributed by atoms with van der Waals surface area (Å²) < 4.78 is 7.08. The van der Waals surface area contributed by atoms with Crippen molar-refractivity contribution in [3.05, 3.63) is 36.2 Å². The van der Waals surface area contributed by atoms with Crippen LogP contribution in [0.2, 0.25) is 0 Å². The smallest absolute Gasteiger partial charge is 0.124 e. The van der Waals surface area contributed by atoms with Gasteiger partial charge in [0.2, 0.25) is 0 Å². The first kappa shape index (κ1) is 12.8. The van der Waals surface area contributed by atoms with Crippen LogP contribution in [0.1, 0.15) is 44.2 Å². The topological polar surface area (TPSA) is 47.1 Å². The number of imidazole rings is 1. The van der Waals surface area contributed by atoms with Gasteiger partial charge in [-0.1, -0.05) is 5.16 Å². The third-order valence-corrected chi connectivity index (χ3v) is 3.26. The highest BCUT2D eigenvalue weighted by molar-refractivity contribution is 5.04. The first-order chi connectivity index (χ1) is 8.59. The van der Waals surface area contributed by atoms with E-state index in [1.54, 1.807) is 6.26 Å². The lowest BCUT2D eigenvalue weighted by Crippen LogP contribution is -2.23. The summed E-state index contributed by atoms with van der Waals surface area (Å²) in [7, 11) is 2.08. The Balaban J connectivity index is 2.07. The molecule has 2 rings (SSSR count). The summed E-state index contributed by atoms with van der Waals surface area (Å²) >= 11 is 0. The van der Waals surface area contributed by atoms with Crippen molar-refractivity contribution in [1.82, 2.24) is 19.6 Å². The molecule has 5 nitrogen and oxygen atoms in total. The fourth-order valence-corrected chi connectivity index (χ4v) is 1.98. The molecule has 0 saturated heterocycles. The van der Waals surface area contributed by atoms with Gasteiger partial charge in [-0.05, 0) is 27.8 Å². The lowest BCUT2D eigenvalue weighted by molar-refractivity contribution is 0.234. The van der Waals surface area contributed by atoms with Crippen LogP contribution in [0.25, 0.3) is 0 Å². The van der Waals surface area contributed by atoms with E-state index < -0.39 is 0 Å². The van der Waals surface area contributed by atoms with Gasteiger partial charge in [0.05, 0.1) is 18.1 Å². The quantitative estimate of drug-likeness (QED) is 0.816.